The number of piperazine rings is 1. The first-order valence-corrected chi connectivity index (χ1v) is 13.0. The molecule has 8 nitrogen and oxygen atoms in total. The molecule has 0 spiro atoms. The highest BCUT2D eigenvalue weighted by atomic mass is 32.2. The number of aromatic nitrogens is 3. The lowest BCUT2D eigenvalue weighted by atomic mass is 10.1. The molecule has 2 bridgehead atoms. The monoisotopic (exact) mass is 473 g/mol. The molecule has 172 valence electrons. The van der Waals surface area contributed by atoms with Crippen LogP contribution in [0.15, 0.2) is 72.0 Å². The summed E-state index contributed by atoms with van der Waals surface area (Å²) in [7, 11) is -3.50. The van der Waals surface area contributed by atoms with Gasteiger partial charge in [0.25, 0.3) is 5.91 Å². The quantitative estimate of drug-likeness (QED) is 0.490. The van der Waals surface area contributed by atoms with Gasteiger partial charge >= 0.3 is 0 Å². The van der Waals surface area contributed by atoms with Crippen molar-refractivity contribution < 1.29 is 13.2 Å². The van der Waals surface area contributed by atoms with E-state index in [0.717, 1.165) is 24.1 Å². The van der Waals surface area contributed by atoms with Crippen molar-refractivity contribution in [3.05, 3.63) is 72.7 Å². The highest BCUT2D eigenvalue weighted by Crippen LogP contribution is 2.31. The van der Waals surface area contributed by atoms with Crippen LogP contribution in [0.2, 0.25) is 0 Å². The van der Waals surface area contributed by atoms with Crippen LogP contribution in [0.3, 0.4) is 0 Å². The molecule has 1 N–H and O–H groups in total. The molecule has 34 heavy (non-hydrogen) atoms. The number of hydrogen-bond donors (Lipinski definition) is 1. The van der Waals surface area contributed by atoms with Gasteiger partial charge in [0.2, 0.25) is 5.95 Å². The molecule has 4 heterocycles. The highest BCUT2D eigenvalue weighted by molar-refractivity contribution is 7.91. The van der Waals surface area contributed by atoms with E-state index in [1.165, 1.54) is 12.5 Å². The average Bonchev–Trinajstić information content (AvgIpc) is 3.58. The minimum atomic E-state index is -3.50. The normalized spacial score (nSPS) is 19.7. The van der Waals surface area contributed by atoms with Gasteiger partial charge in [-0.1, -0.05) is 36.4 Å². The number of hydrogen-bond acceptors (Lipinski definition) is 6. The Morgan fingerprint density at radius 3 is 2.47 bits per heavy atom. The molecule has 0 radical (unpaired) electrons. The van der Waals surface area contributed by atoms with E-state index in [-0.39, 0.29) is 16.8 Å². The number of benzene rings is 2. The van der Waals surface area contributed by atoms with E-state index in [4.69, 9.17) is 0 Å². The number of nitrogens with one attached hydrogen (secondary N) is 1. The molecule has 0 unspecified atom stereocenters. The van der Waals surface area contributed by atoms with E-state index in [0.29, 0.717) is 35.0 Å². The summed E-state index contributed by atoms with van der Waals surface area (Å²) >= 11 is 0. The number of carbonyl (C=O) groups is 1. The van der Waals surface area contributed by atoms with Crippen molar-refractivity contribution in [1.82, 2.24) is 24.8 Å². The lowest BCUT2D eigenvalue weighted by Crippen LogP contribution is -2.46. The minimum Gasteiger partial charge on any atom is -0.333 e. The van der Waals surface area contributed by atoms with Crippen LogP contribution >= 0.6 is 0 Å². The number of carbonyl (C=O) groups excluding carboxylic acids is 1. The van der Waals surface area contributed by atoms with E-state index < -0.39 is 9.84 Å². The molecule has 2 atom stereocenters. The van der Waals surface area contributed by atoms with Crippen LogP contribution in [0.25, 0.3) is 28.0 Å². The fourth-order valence-corrected chi connectivity index (χ4v) is 5.86. The number of rotatable bonds is 4. The maximum Gasteiger partial charge on any atom is 0.254 e. The minimum absolute atomic E-state index is 0.0371. The number of amides is 1. The molecule has 2 fully saturated rings. The van der Waals surface area contributed by atoms with Gasteiger partial charge in [-0.3, -0.25) is 9.36 Å². The standard InChI is InChI=1S/C25H23N5O3S/c1-34(32,33)23-15-30(25-27-11-18(12-28-25)16-5-3-2-4-6-16)22-9-17(7-8-21(22)23)24(31)29-14-19-10-20(29)13-26-19/h2-9,11-12,15,19-20,26H,10,13-14H2,1H3/t19-,20-/m0/s1. The molecule has 4 aromatic rings. The number of sulfone groups is 1. The second-order valence-corrected chi connectivity index (χ2v) is 10.9. The van der Waals surface area contributed by atoms with Gasteiger partial charge < -0.3 is 10.2 Å². The maximum atomic E-state index is 13.3. The zero-order valence-electron chi connectivity index (χ0n) is 18.5. The predicted molar refractivity (Wildman–Crippen MR) is 129 cm³/mol. The van der Waals surface area contributed by atoms with Crippen LogP contribution in [-0.2, 0) is 9.84 Å². The molecular weight excluding hydrogens is 450 g/mol. The van der Waals surface area contributed by atoms with Crippen molar-refractivity contribution in [2.45, 2.75) is 23.4 Å². The summed E-state index contributed by atoms with van der Waals surface area (Å²) in [4.78, 5) is 24.4. The van der Waals surface area contributed by atoms with Crippen LogP contribution in [0.5, 0.6) is 0 Å². The van der Waals surface area contributed by atoms with Gasteiger partial charge in [-0.15, -0.1) is 0 Å². The number of nitrogens with zero attached hydrogens (tertiary/aromatic N) is 4. The van der Waals surface area contributed by atoms with E-state index in [9.17, 15) is 13.2 Å². The Hall–Kier alpha value is -3.56. The lowest BCUT2D eigenvalue weighted by molar-refractivity contribution is 0.0716. The van der Waals surface area contributed by atoms with Gasteiger partial charge in [0.15, 0.2) is 9.84 Å². The third-order valence-corrected chi connectivity index (χ3v) is 7.82. The summed E-state index contributed by atoms with van der Waals surface area (Å²) in [6, 6.07) is 15.5. The fourth-order valence-electron chi connectivity index (χ4n) is 4.99. The zero-order chi connectivity index (χ0) is 23.4. The van der Waals surface area contributed by atoms with Crippen LogP contribution in [0, 0.1) is 0 Å². The predicted octanol–water partition coefficient (Wildman–Crippen LogP) is 2.68. The third kappa shape index (κ3) is 3.48. The molecular formula is C25H23N5O3S. The lowest BCUT2D eigenvalue weighted by Gasteiger charge is -2.27. The van der Waals surface area contributed by atoms with Crippen molar-refractivity contribution in [2.24, 2.45) is 0 Å². The summed E-state index contributed by atoms with van der Waals surface area (Å²) in [5, 5.41) is 3.95. The molecule has 2 aliphatic rings. The molecule has 2 aromatic carbocycles. The van der Waals surface area contributed by atoms with Gasteiger partial charge in [-0.25, -0.2) is 18.4 Å². The van der Waals surface area contributed by atoms with Crippen LogP contribution in [0.1, 0.15) is 16.8 Å². The van der Waals surface area contributed by atoms with Gasteiger partial charge in [0, 0.05) is 66.5 Å². The Morgan fingerprint density at radius 2 is 1.82 bits per heavy atom. The Labute approximate surface area is 197 Å². The van der Waals surface area contributed by atoms with Crippen molar-refractivity contribution in [3.8, 4) is 17.1 Å². The third-order valence-electron chi connectivity index (χ3n) is 6.69. The second-order valence-electron chi connectivity index (χ2n) is 8.96. The first kappa shape index (κ1) is 21.0. The molecule has 6 rings (SSSR count). The molecule has 2 aromatic heterocycles. The molecule has 0 saturated carbocycles. The molecule has 9 heteroatoms. The van der Waals surface area contributed by atoms with Gasteiger partial charge in [-0.05, 0) is 24.1 Å². The summed E-state index contributed by atoms with van der Waals surface area (Å²) in [5.74, 6) is 0.304. The van der Waals surface area contributed by atoms with Crippen molar-refractivity contribution in [1.29, 1.82) is 0 Å². The van der Waals surface area contributed by atoms with E-state index >= 15 is 0 Å². The van der Waals surface area contributed by atoms with E-state index in [2.05, 4.69) is 15.3 Å². The van der Waals surface area contributed by atoms with Gasteiger partial charge in [0.1, 0.15) is 0 Å². The number of fused-ring (bicyclic) bond motifs is 3. The molecule has 0 aliphatic carbocycles. The van der Waals surface area contributed by atoms with Crippen LogP contribution < -0.4 is 5.32 Å². The first-order valence-electron chi connectivity index (χ1n) is 11.2. The van der Waals surface area contributed by atoms with Crippen molar-refractivity contribution >= 4 is 26.6 Å². The second kappa shape index (κ2) is 7.75. The largest absolute Gasteiger partial charge is 0.333 e. The zero-order valence-corrected chi connectivity index (χ0v) is 19.4. The summed E-state index contributed by atoms with van der Waals surface area (Å²) in [6.45, 7) is 1.51. The fraction of sp³-hybridized carbons (Fsp3) is 0.240. The maximum absolute atomic E-state index is 13.3. The summed E-state index contributed by atoms with van der Waals surface area (Å²) in [6.07, 6.45) is 7.12. The summed E-state index contributed by atoms with van der Waals surface area (Å²) in [5.41, 5.74) is 2.96. The van der Waals surface area contributed by atoms with Gasteiger partial charge in [0.05, 0.1) is 10.4 Å². The summed E-state index contributed by atoms with van der Waals surface area (Å²) < 4.78 is 26.7. The van der Waals surface area contributed by atoms with Crippen molar-refractivity contribution in [2.75, 3.05) is 19.3 Å². The Morgan fingerprint density at radius 1 is 1.06 bits per heavy atom. The topological polar surface area (TPSA) is 97.2 Å². The van der Waals surface area contributed by atoms with Gasteiger partial charge in [-0.2, -0.15) is 0 Å². The van der Waals surface area contributed by atoms with Crippen LogP contribution in [-0.4, -0.2) is 65.2 Å². The Balaban J connectivity index is 1.44. The Kier molecular flexibility index (Phi) is 4.79. The SMILES string of the molecule is CS(=O)(=O)c1cn(-c2ncc(-c3ccccc3)cn2)c2cc(C(=O)N3C[C@@H]4C[C@H]3CN4)ccc12. The number of likely N-dealkylation sites (tertiary alicyclic amines) is 1. The smallest absolute Gasteiger partial charge is 0.254 e. The molecule has 2 saturated heterocycles. The molecule has 1 amide bonds. The highest BCUT2D eigenvalue weighted by Gasteiger charge is 2.40. The van der Waals surface area contributed by atoms with E-state index in [1.54, 1.807) is 35.2 Å². The van der Waals surface area contributed by atoms with E-state index in [1.807, 2.05) is 35.2 Å². The van der Waals surface area contributed by atoms with Crippen LogP contribution in [0.4, 0.5) is 0 Å². The van der Waals surface area contributed by atoms with Crippen molar-refractivity contribution in [3.63, 3.8) is 0 Å². The first-order chi connectivity index (χ1) is 16.4. The molecule has 2 aliphatic heterocycles. The Bertz CT molecular complexity index is 1510. The average molecular weight is 474 g/mol.